The lowest BCUT2D eigenvalue weighted by Crippen LogP contribution is -2.40. The molecule has 0 bridgehead atoms. The van der Waals surface area contributed by atoms with E-state index in [1.807, 2.05) is 18.2 Å². The molecule has 0 aliphatic carbocycles. The number of carbonyl (C=O) groups excluding carboxylic acids is 1. The lowest BCUT2D eigenvalue weighted by Gasteiger charge is -2.30. The summed E-state index contributed by atoms with van der Waals surface area (Å²) in [6, 6.07) is 10.4. The van der Waals surface area contributed by atoms with E-state index in [9.17, 15) is 4.79 Å². The Bertz CT molecular complexity index is 450. The summed E-state index contributed by atoms with van der Waals surface area (Å²) < 4.78 is 0. The van der Waals surface area contributed by atoms with E-state index in [2.05, 4.69) is 43.5 Å². The average molecular weight is 325 g/mol. The van der Waals surface area contributed by atoms with E-state index in [-0.39, 0.29) is 35.7 Å². The quantitative estimate of drug-likeness (QED) is 0.886. The fraction of sp³-hybridized carbons (Fsp3) is 0.611. The van der Waals surface area contributed by atoms with Gasteiger partial charge in [-0.15, -0.1) is 12.4 Å². The van der Waals surface area contributed by atoms with Gasteiger partial charge in [0.1, 0.15) is 0 Å². The molecule has 1 unspecified atom stereocenters. The number of rotatable bonds is 4. The van der Waals surface area contributed by atoms with Crippen molar-refractivity contribution >= 4 is 18.3 Å². The minimum atomic E-state index is 0. The molecule has 0 aromatic heterocycles. The summed E-state index contributed by atoms with van der Waals surface area (Å²) in [6.45, 7) is 8.57. The molecule has 1 aliphatic rings. The molecule has 1 aliphatic heterocycles. The fourth-order valence-electron chi connectivity index (χ4n) is 2.92. The Hall–Kier alpha value is -1.06. The summed E-state index contributed by atoms with van der Waals surface area (Å²) in [7, 11) is 0. The summed E-state index contributed by atoms with van der Waals surface area (Å²) >= 11 is 0. The maximum atomic E-state index is 12.5. The van der Waals surface area contributed by atoms with Crippen molar-refractivity contribution in [2.75, 3.05) is 13.1 Å². The van der Waals surface area contributed by atoms with Crippen molar-refractivity contribution in [2.24, 2.45) is 11.3 Å². The van der Waals surface area contributed by atoms with E-state index in [4.69, 9.17) is 0 Å². The van der Waals surface area contributed by atoms with E-state index >= 15 is 0 Å². The van der Waals surface area contributed by atoms with Crippen LogP contribution < -0.4 is 10.6 Å². The second-order valence-electron chi connectivity index (χ2n) is 7.26. The van der Waals surface area contributed by atoms with Crippen LogP contribution in [0, 0.1) is 11.3 Å². The van der Waals surface area contributed by atoms with Crippen molar-refractivity contribution in [3.8, 4) is 0 Å². The Labute approximate surface area is 140 Å². The third-order valence-electron chi connectivity index (χ3n) is 4.04. The van der Waals surface area contributed by atoms with Gasteiger partial charge in [-0.3, -0.25) is 4.79 Å². The molecule has 1 amide bonds. The van der Waals surface area contributed by atoms with Gasteiger partial charge in [0.25, 0.3) is 0 Å². The molecule has 124 valence electrons. The summed E-state index contributed by atoms with van der Waals surface area (Å²) in [5, 5.41) is 6.61. The molecule has 0 spiro atoms. The van der Waals surface area contributed by atoms with Crippen molar-refractivity contribution in [1.29, 1.82) is 0 Å². The molecule has 2 N–H and O–H groups in total. The zero-order valence-corrected chi connectivity index (χ0v) is 14.7. The molecule has 1 heterocycles. The summed E-state index contributed by atoms with van der Waals surface area (Å²) in [5.74, 6) is 0.382. The van der Waals surface area contributed by atoms with E-state index in [1.165, 1.54) is 5.56 Å². The smallest absolute Gasteiger partial charge is 0.223 e. The SMILES string of the molecule is CC(C)(C)CC(NC(=O)C1CCNCC1)c1ccccc1.Cl. The molecule has 1 aromatic rings. The first-order valence-electron chi connectivity index (χ1n) is 8.02. The second kappa shape index (κ2) is 8.54. The molecule has 1 fully saturated rings. The molecule has 1 aromatic carbocycles. The summed E-state index contributed by atoms with van der Waals surface area (Å²) in [6.07, 6.45) is 2.85. The Kier molecular flexibility index (Phi) is 7.37. The van der Waals surface area contributed by atoms with Crippen LogP contribution in [0.15, 0.2) is 30.3 Å². The van der Waals surface area contributed by atoms with Crippen LogP contribution >= 0.6 is 12.4 Å². The predicted octanol–water partition coefficient (Wildman–Crippen LogP) is 3.70. The average Bonchev–Trinajstić information content (AvgIpc) is 2.47. The highest BCUT2D eigenvalue weighted by Gasteiger charge is 2.26. The van der Waals surface area contributed by atoms with Crippen LogP contribution in [0.5, 0.6) is 0 Å². The van der Waals surface area contributed by atoms with Crippen LogP contribution in [0.25, 0.3) is 0 Å². The van der Waals surface area contributed by atoms with E-state index in [1.54, 1.807) is 0 Å². The molecular weight excluding hydrogens is 296 g/mol. The molecular formula is C18H29ClN2O. The third kappa shape index (κ3) is 5.98. The molecule has 22 heavy (non-hydrogen) atoms. The second-order valence-corrected chi connectivity index (χ2v) is 7.26. The van der Waals surface area contributed by atoms with Crippen LogP contribution in [-0.4, -0.2) is 19.0 Å². The van der Waals surface area contributed by atoms with Crippen LogP contribution in [0.4, 0.5) is 0 Å². The lowest BCUT2D eigenvalue weighted by atomic mass is 9.85. The van der Waals surface area contributed by atoms with E-state index < -0.39 is 0 Å². The van der Waals surface area contributed by atoms with Crippen LogP contribution in [-0.2, 0) is 4.79 Å². The molecule has 1 saturated heterocycles. The van der Waals surface area contributed by atoms with Gasteiger partial charge in [0.2, 0.25) is 5.91 Å². The topological polar surface area (TPSA) is 41.1 Å². The van der Waals surface area contributed by atoms with Crippen LogP contribution in [0.1, 0.15) is 51.6 Å². The van der Waals surface area contributed by atoms with Gasteiger partial charge in [0, 0.05) is 5.92 Å². The van der Waals surface area contributed by atoms with Gasteiger partial charge in [-0.1, -0.05) is 51.1 Å². The maximum Gasteiger partial charge on any atom is 0.223 e. The van der Waals surface area contributed by atoms with Gasteiger partial charge < -0.3 is 10.6 Å². The van der Waals surface area contributed by atoms with Gasteiger partial charge in [0.15, 0.2) is 0 Å². The van der Waals surface area contributed by atoms with Gasteiger partial charge in [-0.05, 0) is 43.3 Å². The normalized spacial score (nSPS) is 17.4. The van der Waals surface area contributed by atoms with Crippen LogP contribution in [0.3, 0.4) is 0 Å². The Morgan fingerprint density at radius 3 is 2.36 bits per heavy atom. The number of piperidine rings is 1. The Balaban J connectivity index is 0.00000242. The zero-order valence-electron chi connectivity index (χ0n) is 13.9. The Morgan fingerprint density at radius 1 is 1.23 bits per heavy atom. The third-order valence-corrected chi connectivity index (χ3v) is 4.04. The fourth-order valence-corrected chi connectivity index (χ4v) is 2.92. The van der Waals surface area contributed by atoms with Crippen LogP contribution in [0.2, 0.25) is 0 Å². The van der Waals surface area contributed by atoms with Gasteiger partial charge in [-0.25, -0.2) is 0 Å². The first-order chi connectivity index (χ1) is 9.96. The molecule has 3 nitrogen and oxygen atoms in total. The number of hydrogen-bond donors (Lipinski definition) is 2. The monoisotopic (exact) mass is 324 g/mol. The van der Waals surface area contributed by atoms with Crippen molar-refractivity contribution in [3.05, 3.63) is 35.9 Å². The number of benzene rings is 1. The minimum absolute atomic E-state index is 0. The number of hydrogen-bond acceptors (Lipinski definition) is 2. The largest absolute Gasteiger partial charge is 0.349 e. The number of amides is 1. The standard InChI is InChI=1S/C18H28N2O.ClH/c1-18(2,3)13-16(14-7-5-4-6-8-14)20-17(21)15-9-11-19-12-10-15;/h4-8,15-16,19H,9-13H2,1-3H3,(H,20,21);1H. The van der Waals surface area contributed by atoms with E-state index in [0.717, 1.165) is 32.4 Å². The minimum Gasteiger partial charge on any atom is -0.349 e. The van der Waals surface area contributed by atoms with Crippen molar-refractivity contribution in [2.45, 2.75) is 46.1 Å². The van der Waals surface area contributed by atoms with Crippen molar-refractivity contribution in [3.63, 3.8) is 0 Å². The molecule has 4 heteroatoms. The molecule has 1 atom stereocenters. The Morgan fingerprint density at radius 2 is 1.82 bits per heavy atom. The van der Waals surface area contributed by atoms with Gasteiger partial charge in [-0.2, -0.15) is 0 Å². The zero-order chi connectivity index (χ0) is 15.3. The predicted molar refractivity (Wildman–Crippen MR) is 94.2 cm³/mol. The van der Waals surface area contributed by atoms with Crippen molar-refractivity contribution < 1.29 is 4.79 Å². The number of halogens is 1. The highest BCUT2D eigenvalue weighted by Crippen LogP contribution is 2.30. The number of carbonyl (C=O) groups is 1. The first-order valence-corrected chi connectivity index (χ1v) is 8.02. The first kappa shape index (κ1) is 19.0. The molecule has 2 rings (SSSR count). The van der Waals surface area contributed by atoms with E-state index in [0.29, 0.717) is 0 Å². The number of nitrogens with one attached hydrogen (secondary N) is 2. The molecule has 0 radical (unpaired) electrons. The van der Waals surface area contributed by atoms with Gasteiger partial charge in [0.05, 0.1) is 6.04 Å². The highest BCUT2D eigenvalue weighted by atomic mass is 35.5. The summed E-state index contributed by atoms with van der Waals surface area (Å²) in [4.78, 5) is 12.5. The summed E-state index contributed by atoms with van der Waals surface area (Å²) in [5.41, 5.74) is 1.39. The van der Waals surface area contributed by atoms with Crippen molar-refractivity contribution in [1.82, 2.24) is 10.6 Å². The van der Waals surface area contributed by atoms with Gasteiger partial charge >= 0.3 is 0 Å². The maximum absolute atomic E-state index is 12.5. The highest BCUT2D eigenvalue weighted by molar-refractivity contribution is 5.85. The molecule has 0 saturated carbocycles. The lowest BCUT2D eigenvalue weighted by molar-refractivity contribution is -0.126.